The smallest absolute Gasteiger partial charge is 0.114 e. The summed E-state index contributed by atoms with van der Waals surface area (Å²) in [5.41, 5.74) is 5.13. The minimum atomic E-state index is 0.613. The van der Waals surface area contributed by atoms with E-state index in [9.17, 15) is 4.91 Å². The lowest BCUT2D eigenvalue weighted by Gasteiger charge is -2.11. The first-order valence-electron chi connectivity index (χ1n) is 4.54. The van der Waals surface area contributed by atoms with Crippen LogP contribution in [0.25, 0.3) is 0 Å². The maximum atomic E-state index is 10.6. The third-order valence-corrected chi connectivity index (χ3v) is 2.54. The van der Waals surface area contributed by atoms with Crippen molar-refractivity contribution in [1.82, 2.24) is 0 Å². The van der Waals surface area contributed by atoms with Crippen molar-refractivity contribution in [2.45, 2.75) is 34.1 Å². The molecule has 1 aromatic carbocycles. The first-order chi connectivity index (χ1) is 6.11. The number of benzene rings is 1. The molecule has 0 heterocycles. The maximum absolute atomic E-state index is 10.6. The molecular weight excluding hydrogens is 162 g/mol. The summed E-state index contributed by atoms with van der Waals surface area (Å²) < 4.78 is 0. The van der Waals surface area contributed by atoms with Gasteiger partial charge in [-0.15, -0.1) is 4.91 Å². The molecule has 0 saturated carbocycles. The Morgan fingerprint density at radius 3 is 2.31 bits per heavy atom. The Morgan fingerprint density at radius 1 is 1.23 bits per heavy atom. The largest absolute Gasteiger partial charge is 0.145 e. The van der Waals surface area contributed by atoms with Gasteiger partial charge < -0.3 is 0 Å². The van der Waals surface area contributed by atoms with Crippen LogP contribution >= 0.6 is 0 Å². The van der Waals surface area contributed by atoms with Gasteiger partial charge in [-0.25, -0.2) is 0 Å². The van der Waals surface area contributed by atoms with Crippen LogP contribution in [0.2, 0.25) is 0 Å². The summed E-state index contributed by atoms with van der Waals surface area (Å²) in [7, 11) is 0. The lowest BCUT2D eigenvalue weighted by Crippen LogP contribution is -1.93. The molecule has 0 saturated heterocycles. The van der Waals surface area contributed by atoms with Crippen LogP contribution in [-0.4, -0.2) is 0 Å². The van der Waals surface area contributed by atoms with Gasteiger partial charge in [0, 0.05) is 0 Å². The van der Waals surface area contributed by atoms with E-state index >= 15 is 0 Å². The van der Waals surface area contributed by atoms with Gasteiger partial charge in [-0.3, -0.25) is 0 Å². The summed E-state index contributed by atoms with van der Waals surface area (Å²) in [6.07, 6.45) is 0.959. The number of nitrogens with zero attached hydrogens (tertiary/aromatic N) is 1. The molecule has 0 aromatic heterocycles. The number of rotatable bonds is 2. The van der Waals surface area contributed by atoms with Gasteiger partial charge in [0.1, 0.15) is 5.69 Å². The average Bonchev–Trinajstić information content (AvgIpc) is 2.04. The third kappa shape index (κ3) is 1.62. The number of hydrogen-bond donors (Lipinski definition) is 0. The van der Waals surface area contributed by atoms with Crippen molar-refractivity contribution >= 4 is 5.69 Å². The Labute approximate surface area is 79.0 Å². The number of aryl methyl sites for hydroxylation is 2. The van der Waals surface area contributed by atoms with E-state index in [1.165, 1.54) is 11.1 Å². The predicted octanol–water partition coefficient (Wildman–Crippen LogP) is 3.57. The van der Waals surface area contributed by atoms with E-state index in [2.05, 4.69) is 19.0 Å². The van der Waals surface area contributed by atoms with Crippen molar-refractivity contribution < 1.29 is 0 Å². The monoisotopic (exact) mass is 177 g/mol. The van der Waals surface area contributed by atoms with Gasteiger partial charge in [-0.2, -0.15) is 0 Å². The average molecular weight is 177 g/mol. The lowest BCUT2D eigenvalue weighted by molar-refractivity contribution is 1.07. The highest BCUT2D eigenvalue weighted by Gasteiger charge is 2.09. The van der Waals surface area contributed by atoms with Gasteiger partial charge >= 0.3 is 0 Å². The summed E-state index contributed by atoms with van der Waals surface area (Å²) in [5, 5.41) is 3.07. The Morgan fingerprint density at radius 2 is 1.85 bits per heavy atom. The SMILES string of the molecule is CCc1c(C)cc(C)c(N=O)c1C. The van der Waals surface area contributed by atoms with Gasteiger partial charge in [0.2, 0.25) is 0 Å². The molecule has 1 rings (SSSR count). The lowest BCUT2D eigenvalue weighted by atomic mass is 9.96. The minimum Gasteiger partial charge on any atom is -0.145 e. The molecule has 0 amide bonds. The first-order valence-corrected chi connectivity index (χ1v) is 4.54. The van der Waals surface area contributed by atoms with E-state index in [1.807, 2.05) is 19.9 Å². The highest BCUT2D eigenvalue weighted by molar-refractivity contribution is 5.57. The number of hydrogen-bond acceptors (Lipinski definition) is 2. The van der Waals surface area contributed by atoms with Crippen molar-refractivity contribution in [1.29, 1.82) is 0 Å². The van der Waals surface area contributed by atoms with E-state index in [0.717, 1.165) is 17.5 Å². The zero-order chi connectivity index (χ0) is 10.0. The summed E-state index contributed by atoms with van der Waals surface area (Å²) in [6, 6.07) is 2.03. The van der Waals surface area contributed by atoms with Gasteiger partial charge in [-0.05, 0) is 54.6 Å². The third-order valence-electron chi connectivity index (χ3n) is 2.54. The van der Waals surface area contributed by atoms with Crippen molar-refractivity contribution in [3.63, 3.8) is 0 Å². The molecule has 2 heteroatoms. The molecule has 0 bridgehead atoms. The molecule has 1 aromatic rings. The molecule has 0 aliphatic rings. The molecule has 0 aliphatic heterocycles. The molecule has 0 fully saturated rings. The summed E-state index contributed by atoms with van der Waals surface area (Å²) >= 11 is 0. The van der Waals surface area contributed by atoms with Gasteiger partial charge in [0.05, 0.1) is 0 Å². The molecule has 0 unspecified atom stereocenters. The van der Waals surface area contributed by atoms with Gasteiger partial charge in [0.25, 0.3) is 0 Å². The molecular formula is C11H15NO. The van der Waals surface area contributed by atoms with Crippen LogP contribution in [0.4, 0.5) is 5.69 Å². The Kier molecular flexibility index (Phi) is 2.81. The van der Waals surface area contributed by atoms with Crippen LogP contribution in [0.1, 0.15) is 29.2 Å². The highest BCUT2D eigenvalue weighted by atomic mass is 16.3. The molecule has 0 spiro atoms. The van der Waals surface area contributed by atoms with Crippen LogP contribution in [0.5, 0.6) is 0 Å². The maximum Gasteiger partial charge on any atom is 0.114 e. The predicted molar refractivity (Wildman–Crippen MR) is 55.5 cm³/mol. The second-order valence-corrected chi connectivity index (χ2v) is 3.41. The normalized spacial score (nSPS) is 10.2. The van der Waals surface area contributed by atoms with Gasteiger partial charge in [0.15, 0.2) is 0 Å². The van der Waals surface area contributed by atoms with Crippen molar-refractivity contribution in [3.8, 4) is 0 Å². The fourth-order valence-electron chi connectivity index (χ4n) is 1.90. The van der Waals surface area contributed by atoms with E-state index in [-0.39, 0.29) is 0 Å². The Bertz CT molecular complexity index is 342. The topological polar surface area (TPSA) is 29.4 Å². The molecule has 13 heavy (non-hydrogen) atoms. The highest BCUT2D eigenvalue weighted by Crippen LogP contribution is 2.29. The quantitative estimate of drug-likeness (QED) is 0.635. The van der Waals surface area contributed by atoms with Crippen LogP contribution in [0.15, 0.2) is 11.2 Å². The van der Waals surface area contributed by atoms with Crippen LogP contribution in [0, 0.1) is 25.7 Å². The zero-order valence-corrected chi connectivity index (χ0v) is 8.64. The van der Waals surface area contributed by atoms with E-state index in [0.29, 0.717) is 5.69 Å². The molecule has 0 atom stereocenters. The molecule has 0 aliphatic carbocycles. The fourth-order valence-corrected chi connectivity index (χ4v) is 1.90. The van der Waals surface area contributed by atoms with Crippen LogP contribution < -0.4 is 0 Å². The Balaban J connectivity index is 3.47. The first kappa shape index (κ1) is 9.90. The Hall–Kier alpha value is -1.18. The molecule has 0 radical (unpaired) electrons. The minimum absolute atomic E-state index is 0.613. The molecule has 2 nitrogen and oxygen atoms in total. The number of nitroso groups, excluding NO2 is 1. The summed E-state index contributed by atoms with van der Waals surface area (Å²) in [4.78, 5) is 10.6. The van der Waals surface area contributed by atoms with E-state index < -0.39 is 0 Å². The summed E-state index contributed by atoms with van der Waals surface area (Å²) in [5.74, 6) is 0. The van der Waals surface area contributed by atoms with Crippen LogP contribution in [-0.2, 0) is 6.42 Å². The molecule has 0 N–H and O–H groups in total. The van der Waals surface area contributed by atoms with Crippen LogP contribution in [0.3, 0.4) is 0 Å². The van der Waals surface area contributed by atoms with Gasteiger partial charge in [-0.1, -0.05) is 13.0 Å². The summed E-state index contributed by atoms with van der Waals surface area (Å²) in [6.45, 7) is 8.07. The van der Waals surface area contributed by atoms with Crippen molar-refractivity contribution in [2.75, 3.05) is 0 Å². The molecule has 70 valence electrons. The standard InChI is InChI=1S/C11H15NO/c1-5-10-7(2)6-8(3)11(12-13)9(10)4/h6H,5H2,1-4H3. The van der Waals surface area contributed by atoms with E-state index in [1.54, 1.807) is 0 Å². The van der Waals surface area contributed by atoms with E-state index in [4.69, 9.17) is 0 Å². The van der Waals surface area contributed by atoms with Crippen molar-refractivity contribution in [3.05, 3.63) is 33.2 Å². The van der Waals surface area contributed by atoms with Crippen molar-refractivity contribution in [2.24, 2.45) is 5.18 Å². The zero-order valence-electron chi connectivity index (χ0n) is 8.64. The fraction of sp³-hybridized carbons (Fsp3) is 0.455. The second-order valence-electron chi connectivity index (χ2n) is 3.41. The second kappa shape index (κ2) is 3.69.